The van der Waals surface area contributed by atoms with Gasteiger partial charge in [0.25, 0.3) is 0 Å². The number of aromatic nitrogens is 2. The van der Waals surface area contributed by atoms with Gasteiger partial charge in [0.15, 0.2) is 5.11 Å². The monoisotopic (exact) mass is 500 g/mol. The van der Waals surface area contributed by atoms with Crippen LogP contribution < -0.4 is 10.2 Å². The summed E-state index contributed by atoms with van der Waals surface area (Å²) >= 11 is 12.1. The van der Waals surface area contributed by atoms with Gasteiger partial charge in [-0.2, -0.15) is 0 Å². The van der Waals surface area contributed by atoms with Crippen LogP contribution in [-0.4, -0.2) is 14.7 Å². The lowest BCUT2D eigenvalue weighted by molar-refractivity contribution is 0.565. The number of anilines is 1. The Morgan fingerprint density at radius 1 is 1.00 bits per heavy atom. The SMILES string of the molecule is CCc1cccc(C)c1-n1c(C)cc([C@@H]2[C@@H](c3ccccn3)NC(=S)N2c2ccc(Cl)cc2)c1C. The normalized spacial score (nSPS) is 17.6. The van der Waals surface area contributed by atoms with Gasteiger partial charge < -0.3 is 14.8 Å². The predicted molar refractivity (Wildman–Crippen MR) is 149 cm³/mol. The van der Waals surface area contributed by atoms with Crippen LogP contribution in [-0.2, 0) is 6.42 Å². The van der Waals surface area contributed by atoms with Crippen LogP contribution in [0.4, 0.5) is 5.69 Å². The van der Waals surface area contributed by atoms with Gasteiger partial charge in [-0.25, -0.2) is 0 Å². The maximum atomic E-state index is 6.21. The van der Waals surface area contributed by atoms with E-state index in [0.717, 1.165) is 17.8 Å². The lowest BCUT2D eigenvalue weighted by Crippen LogP contribution is -2.29. The zero-order chi connectivity index (χ0) is 24.7. The summed E-state index contributed by atoms with van der Waals surface area (Å²) in [7, 11) is 0. The molecular formula is C29H29ClN4S. The highest BCUT2D eigenvalue weighted by Crippen LogP contribution is 2.44. The van der Waals surface area contributed by atoms with Crippen LogP contribution in [0, 0.1) is 20.8 Å². The van der Waals surface area contributed by atoms with E-state index >= 15 is 0 Å². The first-order chi connectivity index (χ1) is 16.9. The number of nitrogens with zero attached hydrogens (tertiary/aromatic N) is 3. The quantitative estimate of drug-likeness (QED) is 0.294. The molecule has 0 bridgehead atoms. The molecule has 35 heavy (non-hydrogen) atoms. The Morgan fingerprint density at radius 2 is 1.77 bits per heavy atom. The van der Waals surface area contributed by atoms with E-state index in [4.69, 9.17) is 28.8 Å². The Morgan fingerprint density at radius 3 is 2.46 bits per heavy atom. The molecule has 2 aromatic carbocycles. The summed E-state index contributed by atoms with van der Waals surface area (Å²) in [5.41, 5.74) is 9.50. The highest BCUT2D eigenvalue weighted by Gasteiger charge is 2.42. The summed E-state index contributed by atoms with van der Waals surface area (Å²) in [6, 6.07) is 22.6. The number of benzene rings is 2. The highest BCUT2D eigenvalue weighted by atomic mass is 35.5. The predicted octanol–water partition coefficient (Wildman–Crippen LogP) is 7.19. The van der Waals surface area contributed by atoms with Crippen molar-refractivity contribution in [2.45, 2.75) is 46.2 Å². The summed E-state index contributed by atoms with van der Waals surface area (Å²) in [5, 5.41) is 4.95. The number of rotatable bonds is 5. The molecule has 1 fully saturated rings. The van der Waals surface area contributed by atoms with Gasteiger partial charge in [-0.3, -0.25) is 4.98 Å². The number of para-hydroxylation sites is 1. The second-order valence-corrected chi connectivity index (χ2v) is 9.89. The molecule has 2 atom stereocenters. The van der Waals surface area contributed by atoms with Gasteiger partial charge in [0, 0.05) is 28.3 Å². The number of aryl methyl sites for hydroxylation is 3. The van der Waals surface area contributed by atoms with E-state index in [9.17, 15) is 0 Å². The molecule has 4 aromatic rings. The van der Waals surface area contributed by atoms with Crippen LogP contribution in [0.15, 0.2) is 72.9 Å². The first-order valence-electron chi connectivity index (χ1n) is 11.9. The van der Waals surface area contributed by atoms with E-state index < -0.39 is 0 Å². The Bertz CT molecular complexity index is 1380. The van der Waals surface area contributed by atoms with E-state index in [0.29, 0.717) is 10.1 Å². The molecule has 1 aliphatic heterocycles. The average Bonchev–Trinajstić information content (AvgIpc) is 3.35. The van der Waals surface area contributed by atoms with Crippen molar-refractivity contribution in [3.8, 4) is 5.69 Å². The van der Waals surface area contributed by atoms with Gasteiger partial charge in [0.1, 0.15) is 0 Å². The zero-order valence-corrected chi connectivity index (χ0v) is 22.0. The van der Waals surface area contributed by atoms with Crippen molar-refractivity contribution in [3.63, 3.8) is 0 Å². The summed E-state index contributed by atoms with van der Waals surface area (Å²) in [6.45, 7) is 8.80. The summed E-state index contributed by atoms with van der Waals surface area (Å²) in [6.07, 6.45) is 2.82. The fourth-order valence-electron chi connectivity index (χ4n) is 5.31. The average molecular weight is 501 g/mol. The van der Waals surface area contributed by atoms with Crippen molar-refractivity contribution in [1.29, 1.82) is 0 Å². The molecule has 178 valence electrons. The van der Waals surface area contributed by atoms with Crippen LogP contribution in [0.1, 0.15) is 52.8 Å². The minimum atomic E-state index is -0.0872. The van der Waals surface area contributed by atoms with Crippen molar-refractivity contribution >= 4 is 34.6 Å². The number of halogens is 1. The Kier molecular flexibility index (Phi) is 6.39. The van der Waals surface area contributed by atoms with Gasteiger partial charge >= 0.3 is 0 Å². The fraction of sp³-hybridized carbons (Fsp3) is 0.241. The number of nitrogens with one attached hydrogen (secondary N) is 1. The second kappa shape index (κ2) is 9.48. The third kappa shape index (κ3) is 4.13. The number of hydrogen-bond acceptors (Lipinski definition) is 2. The molecule has 0 saturated carbocycles. The number of hydrogen-bond donors (Lipinski definition) is 1. The molecule has 0 unspecified atom stereocenters. The molecule has 5 rings (SSSR count). The molecule has 6 heteroatoms. The van der Waals surface area contributed by atoms with Crippen LogP contribution >= 0.6 is 23.8 Å². The molecule has 0 aliphatic carbocycles. The van der Waals surface area contributed by atoms with Gasteiger partial charge in [-0.1, -0.05) is 42.8 Å². The first kappa shape index (κ1) is 23.6. The molecule has 0 spiro atoms. The third-order valence-corrected chi connectivity index (χ3v) is 7.48. The maximum Gasteiger partial charge on any atom is 0.174 e. The first-order valence-corrected chi connectivity index (χ1v) is 12.7. The van der Waals surface area contributed by atoms with Crippen LogP contribution in [0.5, 0.6) is 0 Å². The maximum absolute atomic E-state index is 6.21. The number of thiocarbonyl (C=S) groups is 1. The molecule has 1 saturated heterocycles. The minimum Gasteiger partial charge on any atom is -0.351 e. The second-order valence-electron chi connectivity index (χ2n) is 9.07. The molecule has 0 radical (unpaired) electrons. The molecule has 1 N–H and O–H groups in total. The molecular weight excluding hydrogens is 472 g/mol. The van der Waals surface area contributed by atoms with E-state index in [1.807, 2.05) is 42.6 Å². The summed E-state index contributed by atoms with van der Waals surface area (Å²) in [4.78, 5) is 6.90. The Hall–Kier alpha value is -3.15. The van der Waals surface area contributed by atoms with Crippen molar-refractivity contribution in [1.82, 2.24) is 14.9 Å². The lowest BCUT2D eigenvalue weighted by atomic mass is 9.96. The molecule has 3 heterocycles. The zero-order valence-electron chi connectivity index (χ0n) is 20.4. The van der Waals surface area contributed by atoms with E-state index in [2.05, 4.69) is 72.8 Å². The fourth-order valence-corrected chi connectivity index (χ4v) is 5.78. The Labute approximate surface area is 217 Å². The van der Waals surface area contributed by atoms with Gasteiger partial charge in [0.05, 0.1) is 23.5 Å². The highest BCUT2D eigenvalue weighted by molar-refractivity contribution is 7.80. The summed E-state index contributed by atoms with van der Waals surface area (Å²) in [5.74, 6) is 0. The molecule has 2 aromatic heterocycles. The van der Waals surface area contributed by atoms with Crippen molar-refractivity contribution < 1.29 is 0 Å². The number of pyridine rings is 1. The van der Waals surface area contributed by atoms with Crippen LogP contribution in [0.2, 0.25) is 5.02 Å². The third-order valence-electron chi connectivity index (χ3n) is 6.92. The molecule has 1 aliphatic rings. The van der Waals surface area contributed by atoms with E-state index in [1.165, 1.54) is 33.8 Å². The molecule has 4 nitrogen and oxygen atoms in total. The van der Waals surface area contributed by atoms with Gasteiger partial charge in [-0.15, -0.1) is 0 Å². The van der Waals surface area contributed by atoms with Crippen molar-refractivity contribution in [2.75, 3.05) is 4.90 Å². The van der Waals surface area contributed by atoms with Crippen molar-refractivity contribution in [2.24, 2.45) is 0 Å². The lowest BCUT2D eigenvalue weighted by Gasteiger charge is -2.28. The van der Waals surface area contributed by atoms with E-state index in [-0.39, 0.29) is 12.1 Å². The minimum absolute atomic E-state index is 0.0624. The Balaban J connectivity index is 1.71. The van der Waals surface area contributed by atoms with E-state index in [1.54, 1.807) is 0 Å². The van der Waals surface area contributed by atoms with Gasteiger partial charge in [-0.05, 0) is 98.6 Å². The topological polar surface area (TPSA) is 33.1 Å². The largest absolute Gasteiger partial charge is 0.351 e. The van der Waals surface area contributed by atoms with Crippen LogP contribution in [0.3, 0.4) is 0 Å². The smallest absolute Gasteiger partial charge is 0.174 e. The van der Waals surface area contributed by atoms with Crippen LogP contribution in [0.25, 0.3) is 5.69 Å². The standard InChI is InChI=1S/C29H29ClN4S/c1-5-21-10-8-9-18(2)27(21)33-19(3)17-24(20(33)4)28-26(25-11-6-7-16-31-25)32-29(35)34(28)23-14-12-22(30)13-15-23/h6-17,26,28H,5H2,1-4H3,(H,32,35)/t26-,28-/m1/s1. The van der Waals surface area contributed by atoms with Crippen molar-refractivity contribution in [3.05, 3.63) is 112 Å². The molecule has 0 amide bonds. The van der Waals surface area contributed by atoms with Gasteiger partial charge in [0.2, 0.25) is 0 Å². The summed E-state index contributed by atoms with van der Waals surface area (Å²) < 4.78 is 2.40.